The quantitative estimate of drug-likeness (QED) is 0.0309. The van der Waals surface area contributed by atoms with Crippen LogP contribution in [0.5, 0.6) is 0 Å². The van der Waals surface area contributed by atoms with E-state index in [2.05, 4.69) is 61.8 Å². The molecule has 81 heavy (non-hydrogen) atoms. The first kappa shape index (κ1) is 53.8. The van der Waals surface area contributed by atoms with Gasteiger partial charge < -0.3 is 31.9 Å². The largest absolute Gasteiger partial charge is 0.385 e. The molecule has 0 fully saturated rings. The molecule has 10 aromatic rings. The van der Waals surface area contributed by atoms with Crippen LogP contribution in [-0.2, 0) is 0 Å². The molecule has 0 unspecified atom stereocenters. The minimum absolute atomic E-state index is 0.174. The van der Waals surface area contributed by atoms with Crippen LogP contribution in [0.3, 0.4) is 0 Å². The molecule has 0 radical (unpaired) electrons. The van der Waals surface area contributed by atoms with Crippen molar-refractivity contribution in [1.82, 2.24) is 60.8 Å². The van der Waals surface area contributed by atoms with Crippen molar-refractivity contribution in [3.05, 3.63) is 218 Å². The summed E-state index contributed by atoms with van der Waals surface area (Å²) < 4.78 is 0. The van der Waals surface area contributed by atoms with Gasteiger partial charge in [0.05, 0.1) is 68.3 Å². The number of nitrogens with one attached hydrogen (secondary N) is 6. The van der Waals surface area contributed by atoms with Gasteiger partial charge in [0.1, 0.15) is 0 Å². The normalized spacial score (nSPS) is 10.8. The molecule has 0 saturated heterocycles. The Hall–Kier alpha value is -10.6. The minimum atomic E-state index is -0.425. The highest BCUT2D eigenvalue weighted by Gasteiger charge is 2.18. The molecule has 9 aromatic heterocycles. The van der Waals surface area contributed by atoms with Gasteiger partial charge in [-0.3, -0.25) is 44.3 Å². The predicted octanol–water partition coefficient (Wildman–Crippen LogP) is 9.94. The third kappa shape index (κ3) is 14.9. The van der Waals surface area contributed by atoms with Gasteiger partial charge in [0, 0.05) is 110 Å². The molecule has 0 saturated carbocycles. The van der Waals surface area contributed by atoms with Gasteiger partial charge in [-0.25, -0.2) is 15.0 Å². The number of amides is 3. The Labute approximate surface area is 468 Å². The minimum Gasteiger partial charge on any atom is -0.385 e. The molecule has 10 rings (SSSR count). The molecule has 1 aromatic carbocycles. The first-order valence-corrected chi connectivity index (χ1v) is 26.6. The number of hydrogen-bond donors (Lipinski definition) is 6. The van der Waals surface area contributed by atoms with Crippen molar-refractivity contribution >= 4 is 34.8 Å². The highest BCUT2D eigenvalue weighted by molar-refractivity contribution is 6.04. The van der Waals surface area contributed by atoms with Gasteiger partial charge in [-0.2, -0.15) is 0 Å². The lowest BCUT2D eigenvalue weighted by Gasteiger charge is -2.13. The lowest BCUT2D eigenvalue weighted by Crippen LogP contribution is -2.30. The summed E-state index contributed by atoms with van der Waals surface area (Å²) in [4.78, 5) is 83.2. The molecule has 0 aliphatic carbocycles. The Kier molecular flexibility index (Phi) is 18.0. The highest BCUT2D eigenvalue weighted by Crippen LogP contribution is 2.28. The van der Waals surface area contributed by atoms with E-state index in [4.69, 9.17) is 15.0 Å². The van der Waals surface area contributed by atoms with Crippen LogP contribution in [0.25, 0.3) is 68.3 Å². The van der Waals surface area contributed by atoms with Crippen molar-refractivity contribution in [2.24, 2.45) is 0 Å². The Morgan fingerprint density at radius 2 is 0.494 bits per heavy atom. The number of benzene rings is 1. The second kappa shape index (κ2) is 27.1. The van der Waals surface area contributed by atoms with Crippen LogP contribution in [0.15, 0.2) is 201 Å². The van der Waals surface area contributed by atoms with Gasteiger partial charge in [-0.05, 0) is 147 Å². The van der Waals surface area contributed by atoms with Crippen LogP contribution < -0.4 is 31.9 Å². The molecule has 0 bridgehead atoms. The van der Waals surface area contributed by atoms with Crippen molar-refractivity contribution in [3.8, 4) is 68.3 Å². The number of nitrogens with zero attached hydrogens (tertiary/aromatic N) is 9. The molecule has 18 heteroatoms. The van der Waals surface area contributed by atoms with Crippen molar-refractivity contribution < 1.29 is 14.4 Å². The Bertz CT molecular complexity index is 3130. The summed E-state index contributed by atoms with van der Waals surface area (Å²) >= 11 is 0. The summed E-state index contributed by atoms with van der Waals surface area (Å²) in [6.45, 7) is 2.48. The standard InChI is InChI=1S/C63H57N15O3/c79-61(73-31-13-28-64-46-37-55(49-16-1-7-22-67-49)76-56(38-46)50-17-2-8-23-68-50)43-34-44(62(80)74-32-14-29-65-47-39-57(51-18-3-9-24-69-51)77-58(40-47)52-19-4-10-25-70-52)36-45(35-43)63(81)75-33-15-30-66-48-41-59(53-20-5-11-26-71-53)78-60(42-48)54-21-6-12-27-72-54/h1-12,16-27,34-42H,13-15,28-33H2,(H,64,76)(H,65,77)(H,66,78)(H,73,79)(H,74,80)(H,75,81). The number of rotatable bonds is 24. The molecule has 0 aliphatic heterocycles. The second-order valence-corrected chi connectivity index (χ2v) is 18.6. The fourth-order valence-electron chi connectivity index (χ4n) is 8.67. The van der Waals surface area contributed by atoms with Crippen LogP contribution in [0.1, 0.15) is 50.3 Å². The molecular formula is C63H57N15O3. The first-order chi connectivity index (χ1) is 39.9. The first-order valence-electron chi connectivity index (χ1n) is 26.6. The van der Waals surface area contributed by atoms with Crippen molar-refractivity contribution in [2.45, 2.75) is 19.3 Å². The van der Waals surface area contributed by atoms with Gasteiger partial charge in [-0.1, -0.05) is 36.4 Å². The van der Waals surface area contributed by atoms with E-state index < -0.39 is 17.7 Å². The van der Waals surface area contributed by atoms with E-state index in [0.717, 1.165) is 51.2 Å². The molecule has 3 amide bonds. The molecule has 0 spiro atoms. The van der Waals surface area contributed by atoms with Gasteiger partial charge >= 0.3 is 0 Å². The SMILES string of the molecule is O=C(NCCCNc1cc(-c2ccccn2)nc(-c2ccccn2)c1)c1cc(C(=O)NCCCNc2cc(-c3ccccn3)nc(-c3ccccn3)c2)cc(C(=O)NCCCNc2cc(-c3ccccn3)nc(-c3ccccn3)c2)c1. The molecule has 6 N–H and O–H groups in total. The van der Waals surface area contributed by atoms with Crippen LogP contribution in [-0.4, -0.2) is 102 Å². The van der Waals surface area contributed by atoms with Crippen LogP contribution in [0.2, 0.25) is 0 Å². The summed E-state index contributed by atoms with van der Waals surface area (Å²) in [6, 6.07) is 50.2. The van der Waals surface area contributed by atoms with E-state index in [9.17, 15) is 14.4 Å². The van der Waals surface area contributed by atoms with Gasteiger partial charge in [0.2, 0.25) is 0 Å². The lowest BCUT2D eigenvalue weighted by molar-refractivity contribution is 0.0953. The number of carbonyl (C=O) groups excluding carboxylic acids is 3. The third-order valence-electron chi connectivity index (χ3n) is 12.7. The summed E-state index contributed by atoms with van der Waals surface area (Å²) in [5.74, 6) is -1.28. The zero-order valence-electron chi connectivity index (χ0n) is 44.2. The molecule has 402 valence electrons. The van der Waals surface area contributed by atoms with Gasteiger partial charge in [0.15, 0.2) is 0 Å². The van der Waals surface area contributed by atoms with E-state index in [1.54, 1.807) is 37.2 Å². The molecule has 0 aliphatic rings. The summed E-state index contributed by atoms with van der Waals surface area (Å²) in [5, 5.41) is 19.3. The van der Waals surface area contributed by atoms with Gasteiger partial charge in [0.25, 0.3) is 17.7 Å². The van der Waals surface area contributed by atoms with Crippen LogP contribution in [0, 0.1) is 0 Å². The average Bonchev–Trinajstić information content (AvgIpc) is 3.56. The highest BCUT2D eigenvalue weighted by atomic mass is 16.2. The fourth-order valence-corrected chi connectivity index (χ4v) is 8.67. The predicted molar refractivity (Wildman–Crippen MR) is 315 cm³/mol. The monoisotopic (exact) mass is 1070 g/mol. The zero-order valence-corrected chi connectivity index (χ0v) is 44.2. The lowest BCUT2D eigenvalue weighted by atomic mass is 10.0. The molecular weight excluding hydrogens is 1010 g/mol. The molecule has 18 nitrogen and oxygen atoms in total. The topological polar surface area (TPSA) is 239 Å². The summed E-state index contributed by atoms with van der Waals surface area (Å²) in [7, 11) is 0. The van der Waals surface area contributed by atoms with E-state index in [1.807, 2.05) is 146 Å². The van der Waals surface area contributed by atoms with Crippen molar-refractivity contribution in [1.29, 1.82) is 0 Å². The fraction of sp³-hybridized carbons (Fsp3) is 0.143. The number of aromatic nitrogens is 9. The summed E-state index contributed by atoms with van der Waals surface area (Å²) in [6.07, 6.45) is 12.0. The van der Waals surface area contributed by atoms with Gasteiger partial charge in [-0.15, -0.1) is 0 Å². The van der Waals surface area contributed by atoms with Crippen molar-refractivity contribution in [3.63, 3.8) is 0 Å². The molecule has 9 heterocycles. The van der Waals surface area contributed by atoms with E-state index >= 15 is 0 Å². The second-order valence-electron chi connectivity index (χ2n) is 18.6. The Morgan fingerprint density at radius 1 is 0.272 bits per heavy atom. The van der Waals surface area contributed by atoms with E-state index in [1.165, 1.54) is 18.2 Å². The van der Waals surface area contributed by atoms with E-state index in [0.29, 0.717) is 92.7 Å². The maximum absolute atomic E-state index is 13.9. The maximum atomic E-state index is 13.9. The number of pyridine rings is 9. The molecule has 0 atom stereocenters. The smallest absolute Gasteiger partial charge is 0.251 e. The average molecular weight is 1070 g/mol. The Morgan fingerprint density at radius 3 is 0.691 bits per heavy atom. The van der Waals surface area contributed by atoms with Crippen LogP contribution >= 0.6 is 0 Å². The number of carbonyl (C=O) groups is 3. The van der Waals surface area contributed by atoms with Crippen molar-refractivity contribution in [2.75, 3.05) is 55.2 Å². The number of anilines is 3. The zero-order chi connectivity index (χ0) is 55.4. The van der Waals surface area contributed by atoms with E-state index in [-0.39, 0.29) is 16.7 Å². The summed E-state index contributed by atoms with van der Waals surface area (Å²) in [5.41, 5.74) is 11.5. The maximum Gasteiger partial charge on any atom is 0.251 e. The Balaban J connectivity index is 0.784. The number of hydrogen-bond acceptors (Lipinski definition) is 15. The van der Waals surface area contributed by atoms with Crippen LogP contribution in [0.4, 0.5) is 17.1 Å². The third-order valence-corrected chi connectivity index (χ3v) is 12.7.